The highest BCUT2D eigenvalue weighted by Crippen LogP contribution is 2.19. The molecule has 0 saturated carbocycles. The molecule has 1 aromatic rings. The second-order valence-electron chi connectivity index (χ2n) is 5.48. The van der Waals surface area contributed by atoms with Crippen molar-refractivity contribution in [3.05, 3.63) is 35.4 Å². The second kappa shape index (κ2) is 6.44. The molecule has 1 fully saturated rings. The summed E-state index contributed by atoms with van der Waals surface area (Å²) >= 11 is 0. The van der Waals surface area contributed by atoms with Gasteiger partial charge in [-0.05, 0) is 45.7 Å². The van der Waals surface area contributed by atoms with Crippen LogP contribution in [0.5, 0.6) is 0 Å². The minimum atomic E-state index is -0.531. The fourth-order valence-corrected chi connectivity index (χ4v) is 2.82. The molecular weight excluding hydrogens is 246 g/mol. The molecule has 2 rings (SSSR count). The van der Waals surface area contributed by atoms with Crippen LogP contribution in [0.2, 0.25) is 0 Å². The number of nitrogens with one attached hydrogen (secondary N) is 2. The van der Waals surface area contributed by atoms with Crippen LogP contribution in [0.15, 0.2) is 18.2 Å². The molecule has 1 aromatic carbocycles. The number of hydrogen-bond acceptors (Lipinski definition) is 2. The van der Waals surface area contributed by atoms with Crippen LogP contribution >= 0.6 is 0 Å². The van der Waals surface area contributed by atoms with Crippen molar-refractivity contribution in [2.24, 2.45) is 0 Å². The van der Waals surface area contributed by atoms with Gasteiger partial charge < -0.3 is 10.6 Å². The topological polar surface area (TPSA) is 24.1 Å². The summed E-state index contributed by atoms with van der Waals surface area (Å²) in [6.45, 7) is 5.12. The molecule has 2 N–H and O–H groups in total. The predicted molar refractivity (Wildman–Crippen MR) is 73.0 cm³/mol. The van der Waals surface area contributed by atoms with Crippen LogP contribution in [-0.4, -0.2) is 18.6 Å². The quantitative estimate of drug-likeness (QED) is 0.857. The maximum atomic E-state index is 13.7. The van der Waals surface area contributed by atoms with E-state index in [0.29, 0.717) is 17.6 Å². The van der Waals surface area contributed by atoms with Crippen LogP contribution in [0.25, 0.3) is 0 Å². The molecule has 3 atom stereocenters. The van der Waals surface area contributed by atoms with E-state index in [4.69, 9.17) is 0 Å². The Hall–Kier alpha value is -1.00. The van der Waals surface area contributed by atoms with Gasteiger partial charge in [0.1, 0.15) is 11.6 Å². The maximum absolute atomic E-state index is 13.7. The molecule has 0 aliphatic carbocycles. The minimum absolute atomic E-state index is 0.114. The Labute approximate surface area is 113 Å². The van der Waals surface area contributed by atoms with Crippen molar-refractivity contribution in [3.8, 4) is 0 Å². The van der Waals surface area contributed by atoms with Gasteiger partial charge >= 0.3 is 0 Å². The van der Waals surface area contributed by atoms with E-state index < -0.39 is 11.6 Å². The van der Waals surface area contributed by atoms with Gasteiger partial charge in [-0.25, -0.2) is 8.78 Å². The lowest BCUT2D eigenvalue weighted by atomic mass is 10.0. The standard InChI is InChI=1S/C15H22F2N2/c1-10(8-13-4-3-7-18-13)19-11(2)14-6-5-12(16)9-15(14)17/h5-6,9-11,13,18-19H,3-4,7-8H2,1-2H3. The fourth-order valence-electron chi connectivity index (χ4n) is 2.82. The minimum Gasteiger partial charge on any atom is -0.314 e. The Balaban J connectivity index is 1.90. The number of rotatable bonds is 5. The fraction of sp³-hybridized carbons (Fsp3) is 0.600. The highest BCUT2D eigenvalue weighted by molar-refractivity contribution is 5.21. The Morgan fingerprint density at radius 1 is 1.37 bits per heavy atom. The molecule has 1 saturated heterocycles. The smallest absolute Gasteiger partial charge is 0.130 e. The lowest BCUT2D eigenvalue weighted by Gasteiger charge is -2.23. The summed E-state index contributed by atoms with van der Waals surface area (Å²) in [5, 5.41) is 6.84. The monoisotopic (exact) mass is 268 g/mol. The molecule has 0 amide bonds. The van der Waals surface area contributed by atoms with Crippen molar-refractivity contribution in [1.82, 2.24) is 10.6 Å². The second-order valence-corrected chi connectivity index (χ2v) is 5.48. The lowest BCUT2D eigenvalue weighted by molar-refractivity contribution is 0.400. The summed E-state index contributed by atoms with van der Waals surface area (Å²) in [4.78, 5) is 0. The molecule has 1 aliphatic rings. The van der Waals surface area contributed by atoms with Gasteiger partial charge in [0, 0.05) is 29.8 Å². The summed E-state index contributed by atoms with van der Waals surface area (Å²) in [6.07, 6.45) is 3.48. The molecule has 3 unspecified atom stereocenters. The average Bonchev–Trinajstić information content (AvgIpc) is 2.81. The van der Waals surface area contributed by atoms with Gasteiger partial charge in [-0.2, -0.15) is 0 Å². The van der Waals surface area contributed by atoms with E-state index >= 15 is 0 Å². The number of benzene rings is 1. The van der Waals surface area contributed by atoms with Gasteiger partial charge in [0.05, 0.1) is 0 Å². The first-order chi connectivity index (χ1) is 9.06. The van der Waals surface area contributed by atoms with E-state index in [0.717, 1.165) is 19.0 Å². The van der Waals surface area contributed by atoms with Gasteiger partial charge in [0.15, 0.2) is 0 Å². The molecule has 0 aromatic heterocycles. The molecule has 0 bridgehead atoms. The van der Waals surface area contributed by atoms with Crippen LogP contribution in [0.1, 0.15) is 44.7 Å². The number of halogens is 2. The van der Waals surface area contributed by atoms with Crippen LogP contribution in [-0.2, 0) is 0 Å². The Kier molecular flexibility index (Phi) is 4.88. The predicted octanol–water partition coefficient (Wildman–Crippen LogP) is 3.15. The zero-order valence-electron chi connectivity index (χ0n) is 11.5. The Morgan fingerprint density at radius 3 is 2.79 bits per heavy atom. The van der Waals surface area contributed by atoms with E-state index in [2.05, 4.69) is 17.6 Å². The summed E-state index contributed by atoms with van der Waals surface area (Å²) in [5.41, 5.74) is 0.521. The van der Waals surface area contributed by atoms with Crippen LogP contribution in [0, 0.1) is 11.6 Å². The highest BCUT2D eigenvalue weighted by Gasteiger charge is 2.19. The normalized spacial score (nSPS) is 22.4. The number of hydrogen-bond donors (Lipinski definition) is 2. The van der Waals surface area contributed by atoms with Crippen molar-refractivity contribution in [2.75, 3.05) is 6.54 Å². The first kappa shape index (κ1) is 14.4. The zero-order valence-corrected chi connectivity index (χ0v) is 11.5. The van der Waals surface area contributed by atoms with E-state index in [9.17, 15) is 8.78 Å². The molecule has 106 valence electrons. The van der Waals surface area contributed by atoms with E-state index in [1.165, 1.54) is 25.0 Å². The van der Waals surface area contributed by atoms with Gasteiger partial charge in [0.25, 0.3) is 0 Å². The van der Waals surface area contributed by atoms with Crippen molar-refractivity contribution in [2.45, 2.75) is 51.2 Å². The van der Waals surface area contributed by atoms with E-state index in [1.807, 2.05) is 6.92 Å². The average molecular weight is 268 g/mol. The third kappa shape index (κ3) is 3.98. The van der Waals surface area contributed by atoms with Crippen LogP contribution in [0.4, 0.5) is 8.78 Å². The zero-order chi connectivity index (χ0) is 13.8. The first-order valence-corrected chi connectivity index (χ1v) is 7.00. The Bertz CT molecular complexity index is 417. The maximum Gasteiger partial charge on any atom is 0.130 e. The van der Waals surface area contributed by atoms with E-state index in [-0.39, 0.29) is 6.04 Å². The molecule has 2 nitrogen and oxygen atoms in total. The summed E-state index contributed by atoms with van der Waals surface area (Å²) < 4.78 is 26.5. The molecule has 4 heteroatoms. The van der Waals surface area contributed by atoms with Gasteiger partial charge in [-0.1, -0.05) is 6.07 Å². The largest absolute Gasteiger partial charge is 0.314 e. The molecule has 1 heterocycles. The molecule has 1 aliphatic heterocycles. The first-order valence-electron chi connectivity index (χ1n) is 7.00. The molecular formula is C15H22F2N2. The molecule has 0 spiro atoms. The molecule has 19 heavy (non-hydrogen) atoms. The SMILES string of the molecule is CC(CC1CCCN1)NC(C)c1ccc(F)cc1F. The van der Waals surface area contributed by atoms with Crippen LogP contribution in [0.3, 0.4) is 0 Å². The third-order valence-electron chi connectivity index (χ3n) is 3.76. The van der Waals surface area contributed by atoms with Gasteiger partial charge in [-0.3, -0.25) is 0 Å². The summed E-state index contributed by atoms with van der Waals surface area (Å²) in [6, 6.07) is 4.51. The van der Waals surface area contributed by atoms with Crippen LogP contribution < -0.4 is 10.6 Å². The Morgan fingerprint density at radius 2 is 2.16 bits per heavy atom. The van der Waals surface area contributed by atoms with Gasteiger partial charge in [0.2, 0.25) is 0 Å². The van der Waals surface area contributed by atoms with Gasteiger partial charge in [-0.15, -0.1) is 0 Å². The third-order valence-corrected chi connectivity index (χ3v) is 3.76. The van der Waals surface area contributed by atoms with Crippen molar-refractivity contribution in [3.63, 3.8) is 0 Å². The van der Waals surface area contributed by atoms with E-state index in [1.54, 1.807) is 0 Å². The van der Waals surface area contributed by atoms with Crippen molar-refractivity contribution >= 4 is 0 Å². The summed E-state index contributed by atoms with van der Waals surface area (Å²) in [7, 11) is 0. The lowest BCUT2D eigenvalue weighted by Crippen LogP contribution is -2.35. The van der Waals surface area contributed by atoms with Crippen molar-refractivity contribution in [1.29, 1.82) is 0 Å². The van der Waals surface area contributed by atoms with Crippen molar-refractivity contribution < 1.29 is 8.78 Å². The molecule has 0 radical (unpaired) electrons. The summed E-state index contributed by atoms with van der Waals surface area (Å²) in [5.74, 6) is -1.01. The highest BCUT2D eigenvalue weighted by atomic mass is 19.1.